The van der Waals surface area contributed by atoms with Gasteiger partial charge in [0.15, 0.2) is 0 Å². The number of aromatic nitrogens is 1. The van der Waals surface area contributed by atoms with Gasteiger partial charge in [-0.2, -0.15) is 5.10 Å². The summed E-state index contributed by atoms with van der Waals surface area (Å²) >= 11 is 1.64. The third kappa shape index (κ3) is 2.44. The summed E-state index contributed by atoms with van der Waals surface area (Å²) in [6.45, 7) is 0. The third-order valence-electron chi connectivity index (χ3n) is 3.07. The van der Waals surface area contributed by atoms with Crippen LogP contribution in [0.15, 0.2) is 58.8 Å². The number of amides is 1. The molecule has 5 heteroatoms. The van der Waals surface area contributed by atoms with Gasteiger partial charge in [-0.1, -0.05) is 6.07 Å². The normalized spacial score (nSPS) is 14.6. The maximum atomic E-state index is 12.1. The smallest absolute Gasteiger partial charge is 0.253 e. The van der Waals surface area contributed by atoms with Gasteiger partial charge in [-0.15, -0.1) is 11.8 Å². The highest BCUT2D eigenvalue weighted by Gasteiger charge is 2.26. The quantitative estimate of drug-likeness (QED) is 0.814. The maximum Gasteiger partial charge on any atom is 0.253 e. The van der Waals surface area contributed by atoms with Crippen LogP contribution in [0.4, 0.5) is 5.69 Å². The summed E-state index contributed by atoms with van der Waals surface area (Å²) < 4.78 is 0. The zero-order valence-electron chi connectivity index (χ0n) is 11.0. The number of hydrogen-bond donors (Lipinski definition) is 0. The minimum atomic E-state index is -0.0119. The van der Waals surface area contributed by atoms with Crippen LogP contribution in [-0.2, 0) is 4.79 Å². The molecule has 1 aliphatic heterocycles. The van der Waals surface area contributed by atoms with Gasteiger partial charge in [0, 0.05) is 22.9 Å². The van der Waals surface area contributed by atoms with E-state index in [2.05, 4.69) is 10.1 Å². The molecule has 1 aromatic heterocycles. The predicted molar refractivity (Wildman–Crippen MR) is 81.1 cm³/mol. The van der Waals surface area contributed by atoms with Gasteiger partial charge in [-0.05, 0) is 36.6 Å². The van der Waals surface area contributed by atoms with Crippen molar-refractivity contribution in [3.05, 3.63) is 54.4 Å². The summed E-state index contributed by atoms with van der Waals surface area (Å²) in [5, 5.41) is 5.91. The van der Waals surface area contributed by atoms with E-state index < -0.39 is 0 Å². The fourth-order valence-electron chi connectivity index (χ4n) is 2.07. The van der Waals surface area contributed by atoms with E-state index in [9.17, 15) is 4.79 Å². The van der Waals surface area contributed by atoms with E-state index in [1.807, 2.05) is 42.7 Å². The molecule has 2 aromatic rings. The number of pyridine rings is 1. The molecule has 1 amide bonds. The second-order valence-corrected chi connectivity index (χ2v) is 5.25. The number of rotatable bonds is 3. The van der Waals surface area contributed by atoms with Crippen LogP contribution in [0.2, 0.25) is 0 Å². The highest BCUT2D eigenvalue weighted by atomic mass is 32.2. The number of nitrogens with zero attached hydrogens (tertiary/aromatic N) is 3. The predicted octanol–water partition coefficient (Wildman–Crippen LogP) is 2.94. The van der Waals surface area contributed by atoms with Crippen molar-refractivity contribution in [2.75, 3.05) is 11.3 Å². The zero-order chi connectivity index (χ0) is 13.9. The van der Waals surface area contributed by atoms with Crippen molar-refractivity contribution in [3.8, 4) is 0 Å². The fourth-order valence-corrected chi connectivity index (χ4v) is 2.52. The largest absolute Gasteiger partial charge is 0.272 e. The first-order chi connectivity index (χ1) is 9.78. The van der Waals surface area contributed by atoms with Gasteiger partial charge in [0.2, 0.25) is 0 Å². The second-order valence-electron chi connectivity index (χ2n) is 4.37. The summed E-state index contributed by atoms with van der Waals surface area (Å²) in [7, 11) is 0. The molecule has 0 aliphatic carbocycles. The molecule has 0 atom stereocenters. The number of benzene rings is 1. The molecule has 0 bridgehead atoms. The van der Waals surface area contributed by atoms with E-state index in [4.69, 9.17) is 0 Å². The van der Waals surface area contributed by atoms with Gasteiger partial charge in [-0.3, -0.25) is 9.78 Å². The Morgan fingerprint density at radius 3 is 2.90 bits per heavy atom. The van der Waals surface area contributed by atoms with Crippen LogP contribution in [0.1, 0.15) is 12.0 Å². The van der Waals surface area contributed by atoms with E-state index in [0.717, 1.165) is 21.9 Å². The molecule has 0 spiro atoms. The van der Waals surface area contributed by atoms with Crippen LogP contribution in [0.3, 0.4) is 0 Å². The molecular weight excluding hydrogens is 270 g/mol. The molecule has 0 radical (unpaired) electrons. The first kappa shape index (κ1) is 12.9. The van der Waals surface area contributed by atoms with Crippen molar-refractivity contribution >= 4 is 29.1 Å². The van der Waals surface area contributed by atoms with Crippen LogP contribution < -0.4 is 5.01 Å². The van der Waals surface area contributed by atoms with E-state index in [1.54, 1.807) is 24.2 Å². The Morgan fingerprint density at radius 1 is 1.25 bits per heavy atom. The first-order valence-electron chi connectivity index (χ1n) is 6.23. The summed E-state index contributed by atoms with van der Waals surface area (Å²) in [6.07, 6.45) is 5.76. The number of anilines is 1. The number of carbonyl (C=O) groups excluding carboxylic acids is 1. The fraction of sp³-hybridized carbons (Fsp3) is 0.133. The number of carbonyl (C=O) groups is 1. The molecule has 4 nitrogen and oxygen atoms in total. The van der Waals surface area contributed by atoms with Gasteiger partial charge in [0.25, 0.3) is 5.91 Å². The second kappa shape index (κ2) is 5.46. The van der Waals surface area contributed by atoms with Crippen LogP contribution in [0.25, 0.3) is 0 Å². The lowest BCUT2D eigenvalue weighted by Crippen LogP contribution is -2.19. The summed E-state index contributed by atoms with van der Waals surface area (Å²) in [4.78, 5) is 17.3. The Hall–Kier alpha value is -2.14. The lowest BCUT2D eigenvalue weighted by Gasteiger charge is -2.12. The number of thioether (sulfide) groups is 1. The molecule has 20 heavy (non-hydrogen) atoms. The molecule has 0 saturated carbocycles. The number of hydrogen-bond acceptors (Lipinski definition) is 4. The molecule has 1 aromatic carbocycles. The highest BCUT2D eigenvalue weighted by molar-refractivity contribution is 7.98. The maximum absolute atomic E-state index is 12.1. The van der Waals surface area contributed by atoms with E-state index >= 15 is 0 Å². The Kier molecular flexibility index (Phi) is 3.52. The van der Waals surface area contributed by atoms with Crippen molar-refractivity contribution in [1.82, 2.24) is 4.98 Å². The molecule has 1 aliphatic rings. The Balaban J connectivity index is 1.94. The van der Waals surface area contributed by atoms with Crippen molar-refractivity contribution < 1.29 is 4.79 Å². The van der Waals surface area contributed by atoms with Crippen LogP contribution in [-0.4, -0.2) is 22.9 Å². The standard InChI is InChI=1S/C15H13N3OS/c1-20-13-6-2-5-12(8-13)18-15(19)9-14(17-18)11-4-3-7-16-10-11/h2-8,10H,9H2,1H3. The average molecular weight is 283 g/mol. The van der Waals surface area contributed by atoms with Crippen molar-refractivity contribution in [3.63, 3.8) is 0 Å². The monoisotopic (exact) mass is 283 g/mol. The zero-order valence-corrected chi connectivity index (χ0v) is 11.8. The van der Waals surface area contributed by atoms with Gasteiger partial charge < -0.3 is 0 Å². The van der Waals surface area contributed by atoms with Gasteiger partial charge >= 0.3 is 0 Å². The Bertz CT molecular complexity index is 670. The van der Waals surface area contributed by atoms with E-state index in [-0.39, 0.29) is 5.91 Å². The Labute approximate surface area is 121 Å². The van der Waals surface area contributed by atoms with E-state index in [1.165, 1.54) is 5.01 Å². The molecule has 100 valence electrons. The minimum Gasteiger partial charge on any atom is -0.272 e. The minimum absolute atomic E-state index is 0.0119. The topological polar surface area (TPSA) is 45.6 Å². The van der Waals surface area contributed by atoms with Crippen molar-refractivity contribution in [1.29, 1.82) is 0 Å². The van der Waals surface area contributed by atoms with E-state index in [0.29, 0.717) is 6.42 Å². The highest BCUT2D eigenvalue weighted by Crippen LogP contribution is 2.26. The van der Waals surface area contributed by atoms with Crippen molar-refractivity contribution in [2.45, 2.75) is 11.3 Å². The molecular formula is C15H13N3OS. The molecule has 0 unspecified atom stereocenters. The molecule has 0 fully saturated rings. The Morgan fingerprint density at radius 2 is 2.15 bits per heavy atom. The lowest BCUT2D eigenvalue weighted by molar-refractivity contribution is -0.116. The molecule has 3 rings (SSSR count). The SMILES string of the molecule is CSc1cccc(N2N=C(c3cccnc3)CC2=O)c1. The summed E-state index contributed by atoms with van der Waals surface area (Å²) in [6, 6.07) is 11.6. The molecule has 0 N–H and O–H groups in total. The third-order valence-corrected chi connectivity index (χ3v) is 3.79. The first-order valence-corrected chi connectivity index (χ1v) is 7.45. The van der Waals surface area contributed by atoms with Crippen LogP contribution >= 0.6 is 11.8 Å². The lowest BCUT2D eigenvalue weighted by atomic mass is 10.1. The van der Waals surface area contributed by atoms with Gasteiger partial charge in [0.05, 0.1) is 17.8 Å². The average Bonchev–Trinajstić information content (AvgIpc) is 2.90. The van der Waals surface area contributed by atoms with Crippen molar-refractivity contribution in [2.24, 2.45) is 5.10 Å². The molecule has 0 saturated heterocycles. The summed E-state index contributed by atoms with van der Waals surface area (Å²) in [5.41, 5.74) is 2.46. The van der Waals surface area contributed by atoms with Crippen LogP contribution in [0.5, 0.6) is 0 Å². The van der Waals surface area contributed by atoms with Gasteiger partial charge in [-0.25, -0.2) is 5.01 Å². The van der Waals surface area contributed by atoms with Gasteiger partial charge in [0.1, 0.15) is 0 Å². The van der Waals surface area contributed by atoms with Crippen LogP contribution in [0, 0.1) is 0 Å². The summed E-state index contributed by atoms with van der Waals surface area (Å²) in [5.74, 6) is -0.0119. The number of hydrazone groups is 1. The molecule has 2 heterocycles.